The first-order chi connectivity index (χ1) is 7.17. The van der Waals surface area contributed by atoms with Crippen molar-refractivity contribution in [1.82, 2.24) is 0 Å². The van der Waals surface area contributed by atoms with E-state index >= 15 is 0 Å². The Hall–Kier alpha value is -1.39. The number of hydrogen-bond donors (Lipinski definition) is 0. The van der Waals surface area contributed by atoms with Crippen molar-refractivity contribution in [2.45, 2.75) is 4.90 Å². The van der Waals surface area contributed by atoms with Gasteiger partial charge in [0.25, 0.3) is 10.1 Å². The summed E-state index contributed by atoms with van der Waals surface area (Å²) in [5.74, 6) is 0. The zero-order chi connectivity index (χ0) is 11.7. The SMILES string of the molecule is C=C.C=CCOS(=O)(=O)c1ccccc1. The highest BCUT2D eigenvalue weighted by molar-refractivity contribution is 7.86. The average Bonchev–Trinajstić information content (AvgIpc) is 2.30. The van der Waals surface area contributed by atoms with Crippen LogP contribution in [0.25, 0.3) is 0 Å². The summed E-state index contributed by atoms with van der Waals surface area (Å²) in [7, 11) is -3.59. The molecule has 0 aliphatic carbocycles. The summed E-state index contributed by atoms with van der Waals surface area (Å²) in [6.45, 7) is 9.37. The van der Waals surface area contributed by atoms with E-state index in [1.807, 2.05) is 0 Å². The first kappa shape index (κ1) is 13.6. The van der Waals surface area contributed by atoms with Gasteiger partial charge in [-0.25, -0.2) is 0 Å². The van der Waals surface area contributed by atoms with Crippen LogP contribution in [0.2, 0.25) is 0 Å². The molecule has 0 saturated heterocycles. The Morgan fingerprint density at radius 2 is 1.73 bits per heavy atom. The van der Waals surface area contributed by atoms with Crippen LogP contribution >= 0.6 is 0 Å². The summed E-state index contributed by atoms with van der Waals surface area (Å²) in [4.78, 5) is 0.164. The minimum atomic E-state index is -3.59. The minimum Gasteiger partial charge on any atom is -0.262 e. The standard InChI is InChI=1S/C9H10O3S.C2H4/c1-2-8-12-13(10,11)9-6-4-3-5-7-9;1-2/h2-7H,1,8H2;1-2H2. The van der Waals surface area contributed by atoms with E-state index in [0.29, 0.717) is 0 Å². The molecule has 82 valence electrons. The van der Waals surface area contributed by atoms with Gasteiger partial charge in [0.05, 0.1) is 11.5 Å². The molecule has 0 N–H and O–H groups in total. The van der Waals surface area contributed by atoms with Crippen molar-refractivity contribution in [3.8, 4) is 0 Å². The second kappa shape index (κ2) is 6.98. The van der Waals surface area contributed by atoms with Crippen LogP contribution in [0.4, 0.5) is 0 Å². The lowest BCUT2D eigenvalue weighted by Crippen LogP contribution is -2.05. The lowest BCUT2D eigenvalue weighted by Gasteiger charge is -2.01. The highest BCUT2D eigenvalue weighted by Gasteiger charge is 2.12. The van der Waals surface area contributed by atoms with E-state index < -0.39 is 10.1 Å². The molecule has 1 rings (SSSR count). The van der Waals surface area contributed by atoms with Gasteiger partial charge in [-0.2, -0.15) is 8.42 Å². The van der Waals surface area contributed by atoms with Gasteiger partial charge in [-0.3, -0.25) is 4.18 Å². The molecule has 0 atom stereocenters. The molecule has 1 aromatic rings. The van der Waals surface area contributed by atoms with E-state index in [4.69, 9.17) is 0 Å². The summed E-state index contributed by atoms with van der Waals surface area (Å²) in [5.41, 5.74) is 0. The first-order valence-corrected chi connectivity index (χ1v) is 5.63. The predicted molar refractivity (Wildman–Crippen MR) is 61.0 cm³/mol. The van der Waals surface area contributed by atoms with Gasteiger partial charge in [0.15, 0.2) is 0 Å². The van der Waals surface area contributed by atoms with Crippen LogP contribution in [-0.2, 0) is 14.3 Å². The first-order valence-electron chi connectivity index (χ1n) is 4.22. The fourth-order valence-corrected chi connectivity index (χ4v) is 1.69. The van der Waals surface area contributed by atoms with Crippen molar-refractivity contribution in [3.05, 3.63) is 56.1 Å². The van der Waals surface area contributed by atoms with E-state index in [1.165, 1.54) is 18.2 Å². The van der Waals surface area contributed by atoms with Crippen LogP contribution in [0.1, 0.15) is 0 Å². The fourth-order valence-electron chi connectivity index (χ4n) is 0.793. The van der Waals surface area contributed by atoms with Crippen LogP contribution in [0.3, 0.4) is 0 Å². The smallest absolute Gasteiger partial charge is 0.262 e. The van der Waals surface area contributed by atoms with E-state index in [1.54, 1.807) is 18.2 Å². The van der Waals surface area contributed by atoms with Crippen LogP contribution in [0.5, 0.6) is 0 Å². The Morgan fingerprint density at radius 3 is 2.20 bits per heavy atom. The van der Waals surface area contributed by atoms with Gasteiger partial charge < -0.3 is 0 Å². The normalized spacial score (nSPS) is 9.87. The van der Waals surface area contributed by atoms with E-state index in [-0.39, 0.29) is 11.5 Å². The van der Waals surface area contributed by atoms with Gasteiger partial charge >= 0.3 is 0 Å². The largest absolute Gasteiger partial charge is 0.297 e. The molecule has 0 spiro atoms. The third kappa shape index (κ3) is 4.58. The van der Waals surface area contributed by atoms with Crippen molar-refractivity contribution < 1.29 is 12.6 Å². The third-order valence-electron chi connectivity index (χ3n) is 1.37. The molecule has 0 radical (unpaired) electrons. The number of rotatable bonds is 4. The maximum atomic E-state index is 11.3. The molecular formula is C11H14O3S. The molecule has 0 heterocycles. The predicted octanol–water partition coefficient (Wildman–Crippen LogP) is 2.38. The molecular weight excluding hydrogens is 212 g/mol. The van der Waals surface area contributed by atoms with Gasteiger partial charge in [0.1, 0.15) is 0 Å². The maximum absolute atomic E-state index is 11.3. The second-order valence-corrected chi connectivity index (χ2v) is 3.96. The average molecular weight is 226 g/mol. The molecule has 0 bridgehead atoms. The lowest BCUT2D eigenvalue weighted by molar-refractivity contribution is 0.357. The van der Waals surface area contributed by atoms with Crippen molar-refractivity contribution in [1.29, 1.82) is 0 Å². The molecule has 0 unspecified atom stereocenters. The maximum Gasteiger partial charge on any atom is 0.297 e. The molecule has 0 aromatic heterocycles. The molecule has 0 saturated carbocycles. The van der Waals surface area contributed by atoms with Crippen LogP contribution < -0.4 is 0 Å². The van der Waals surface area contributed by atoms with Crippen molar-refractivity contribution in [3.63, 3.8) is 0 Å². The highest BCUT2D eigenvalue weighted by atomic mass is 32.2. The lowest BCUT2D eigenvalue weighted by atomic mass is 10.4. The Kier molecular flexibility index (Phi) is 6.33. The van der Waals surface area contributed by atoms with Crippen molar-refractivity contribution in [2.24, 2.45) is 0 Å². The van der Waals surface area contributed by atoms with Crippen LogP contribution in [-0.4, -0.2) is 15.0 Å². The molecule has 3 nitrogen and oxygen atoms in total. The fraction of sp³-hybridized carbons (Fsp3) is 0.0909. The van der Waals surface area contributed by atoms with Gasteiger partial charge in [-0.15, -0.1) is 19.7 Å². The van der Waals surface area contributed by atoms with Gasteiger partial charge in [-0.1, -0.05) is 24.3 Å². The van der Waals surface area contributed by atoms with Crippen LogP contribution in [0.15, 0.2) is 61.0 Å². The Labute approximate surface area is 90.8 Å². The highest BCUT2D eigenvalue weighted by Crippen LogP contribution is 2.10. The third-order valence-corrected chi connectivity index (χ3v) is 2.67. The molecule has 1 aromatic carbocycles. The van der Waals surface area contributed by atoms with E-state index in [9.17, 15) is 8.42 Å². The van der Waals surface area contributed by atoms with Gasteiger partial charge in [0.2, 0.25) is 0 Å². The summed E-state index contributed by atoms with van der Waals surface area (Å²) in [5, 5.41) is 0. The zero-order valence-corrected chi connectivity index (χ0v) is 9.24. The zero-order valence-electron chi connectivity index (χ0n) is 8.43. The Bertz CT molecular complexity index is 382. The second-order valence-electron chi connectivity index (χ2n) is 2.34. The summed E-state index contributed by atoms with van der Waals surface area (Å²) in [6, 6.07) is 8.00. The van der Waals surface area contributed by atoms with Gasteiger partial charge in [-0.05, 0) is 12.1 Å². The van der Waals surface area contributed by atoms with E-state index in [2.05, 4.69) is 23.9 Å². The molecule has 0 aliphatic rings. The summed E-state index contributed by atoms with van der Waals surface area (Å²) in [6.07, 6.45) is 1.39. The van der Waals surface area contributed by atoms with Gasteiger partial charge in [0, 0.05) is 0 Å². The van der Waals surface area contributed by atoms with Crippen molar-refractivity contribution in [2.75, 3.05) is 6.61 Å². The Balaban J connectivity index is 0.000000921. The Morgan fingerprint density at radius 1 is 1.20 bits per heavy atom. The monoisotopic (exact) mass is 226 g/mol. The summed E-state index contributed by atoms with van der Waals surface area (Å²) >= 11 is 0. The molecule has 0 amide bonds. The molecule has 15 heavy (non-hydrogen) atoms. The van der Waals surface area contributed by atoms with Crippen LogP contribution in [0, 0.1) is 0 Å². The summed E-state index contributed by atoms with van der Waals surface area (Å²) < 4.78 is 27.3. The molecule has 4 heteroatoms. The quantitative estimate of drug-likeness (QED) is 0.585. The minimum absolute atomic E-state index is 0.00275. The number of hydrogen-bond acceptors (Lipinski definition) is 3. The molecule has 0 aliphatic heterocycles. The van der Waals surface area contributed by atoms with Crippen molar-refractivity contribution >= 4 is 10.1 Å². The molecule has 0 fully saturated rings. The van der Waals surface area contributed by atoms with E-state index in [0.717, 1.165) is 0 Å². The number of benzene rings is 1. The topological polar surface area (TPSA) is 43.4 Å².